The highest BCUT2D eigenvalue weighted by atomic mass is 35.5. The molecule has 3 rings (SSSR count). The van der Waals surface area contributed by atoms with Gasteiger partial charge in [0.15, 0.2) is 5.88 Å². The molecule has 0 saturated carbocycles. The van der Waals surface area contributed by atoms with Crippen molar-refractivity contribution < 1.29 is 18.1 Å². The molecule has 132 valence electrons. The van der Waals surface area contributed by atoms with Crippen LogP contribution in [0.2, 0.25) is 5.02 Å². The van der Waals surface area contributed by atoms with E-state index in [9.17, 15) is 13.3 Å². The molecular weight excluding hydrogens is 372 g/mol. The van der Waals surface area contributed by atoms with Crippen LogP contribution in [0.25, 0.3) is 22.2 Å². The first-order chi connectivity index (χ1) is 12.0. The molecule has 0 fully saturated rings. The second-order valence-corrected chi connectivity index (χ2v) is 7.28. The number of halogens is 3. The molecule has 3 aromatic rings. The average Bonchev–Trinajstić information content (AvgIpc) is 2.98. The summed E-state index contributed by atoms with van der Waals surface area (Å²) in [4.78, 5) is 4.32. The highest BCUT2D eigenvalue weighted by molar-refractivity contribution is 7.90. The highest BCUT2D eigenvalue weighted by Crippen LogP contribution is 2.32. The number of rotatable bonds is 6. The van der Waals surface area contributed by atoms with Crippen molar-refractivity contribution in [3.63, 3.8) is 0 Å². The minimum atomic E-state index is -2.96. The minimum absolute atomic E-state index is 0.0986. The molecule has 0 N–H and O–H groups in total. The highest BCUT2D eigenvalue weighted by Gasteiger charge is 2.13. The zero-order valence-electron chi connectivity index (χ0n) is 13.2. The molecular formula is C16H14ClF2N3O2S. The first kappa shape index (κ1) is 17.9. The Labute approximate surface area is 150 Å². The summed E-state index contributed by atoms with van der Waals surface area (Å²) >= 11 is 4.86. The zero-order valence-corrected chi connectivity index (χ0v) is 14.7. The molecule has 0 amide bonds. The van der Waals surface area contributed by atoms with Crippen LogP contribution in [0.3, 0.4) is 0 Å². The van der Waals surface area contributed by atoms with Crippen molar-refractivity contribution >= 4 is 33.8 Å². The van der Waals surface area contributed by atoms with Gasteiger partial charge < -0.3 is 9.29 Å². The van der Waals surface area contributed by atoms with Gasteiger partial charge in [0.2, 0.25) is 0 Å². The van der Waals surface area contributed by atoms with Crippen LogP contribution in [0.15, 0.2) is 36.7 Å². The third-order valence-electron chi connectivity index (χ3n) is 3.56. The number of aromatic nitrogens is 3. The molecule has 0 saturated heterocycles. The lowest BCUT2D eigenvalue weighted by molar-refractivity contribution is -0.0497. The van der Waals surface area contributed by atoms with E-state index in [1.807, 2.05) is 13.0 Å². The predicted molar refractivity (Wildman–Crippen MR) is 93.3 cm³/mol. The van der Waals surface area contributed by atoms with Crippen molar-refractivity contribution in [2.45, 2.75) is 19.4 Å². The SMILES string of the molecule is CC[S+]([O-])Cn1ncc2ncc(-c3ccc(Cl)c(OC(F)F)c3)cc21. The first-order valence-electron chi connectivity index (χ1n) is 7.39. The minimum Gasteiger partial charge on any atom is -0.615 e. The fourth-order valence-corrected chi connectivity index (χ4v) is 3.14. The van der Waals surface area contributed by atoms with Crippen LogP contribution < -0.4 is 4.74 Å². The smallest absolute Gasteiger partial charge is 0.387 e. The largest absolute Gasteiger partial charge is 0.615 e. The molecule has 0 aliphatic heterocycles. The summed E-state index contributed by atoms with van der Waals surface area (Å²) in [6.07, 6.45) is 3.21. The quantitative estimate of drug-likeness (QED) is 0.600. The zero-order chi connectivity index (χ0) is 18.0. The van der Waals surface area contributed by atoms with Crippen LogP contribution >= 0.6 is 11.6 Å². The molecule has 1 aromatic carbocycles. The Balaban J connectivity index is 2.00. The van der Waals surface area contributed by atoms with Crippen LogP contribution in [0.4, 0.5) is 8.78 Å². The van der Waals surface area contributed by atoms with Gasteiger partial charge in [-0.05, 0) is 41.9 Å². The van der Waals surface area contributed by atoms with E-state index in [0.29, 0.717) is 27.9 Å². The summed E-state index contributed by atoms with van der Waals surface area (Å²) in [5.41, 5.74) is 2.69. The number of nitrogens with zero attached hydrogens (tertiary/aromatic N) is 3. The Hall–Kier alpha value is -1.90. The number of alkyl halides is 2. The van der Waals surface area contributed by atoms with Crippen molar-refractivity contribution in [2.24, 2.45) is 0 Å². The first-order valence-corrected chi connectivity index (χ1v) is 9.25. The number of ether oxygens (including phenoxy) is 1. The van der Waals surface area contributed by atoms with Gasteiger partial charge in [0.1, 0.15) is 17.0 Å². The second kappa shape index (κ2) is 7.55. The van der Waals surface area contributed by atoms with Crippen molar-refractivity contribution in [1.82, 2.24) is 14.8 Å². The van der Waals surface area contributed by atoms with Gasteiger partial charge >= 0.3 is 6.61 Å². The van der Waals surface area contributed by atoms with Gasteiger partial charge in [0.25, 0.3) is 0 Å². The van der Waals surface area contributed by atoms with Gasteiger partial charge in [0, 0.05) is 11.8 Å². The summed E-state index contributed by atoms with van der Waals surface area (Å²) < 4.78 is 42.8. The van der Waals surface area contributed by atoms with E-state index in [4.69, 9.17) is 11.6 Å². The van der Waals surface area contributed by atoms with Gasteiger partial charge in [0.05, 0.1) is 16.7 Å². The van der Waals surface area contributed by atoms with E-state index in [1.165, 1.54) is 12.1 Å². The Morgan fingerprint density at radius 2 is 2.08 bits per heavy atom. The molecule has 5 nitrogen and oxygen atoms in total. The molecule has 0 bridgehead atoms. The van der Waals surface area contributed by atoms with Crippen molar-refractivity contribution in [2.75, 3.05) is 5.75 Å². The standard InChI is InChI=1S/C16H14ClF2N3O2S/c1-2-25(23)9-22-14-5-11(7-20-13(14)8-21-22)10-3-4-12(17)15(6-10)24-16(18)19/h3-8,16H,2,9H2,1H3. The van der Waals surface area contributed by atoms with E-state index in [-0.39, 0.29) is 16.6 Å². The molecule has 9 heteroatoms. The average molecular weight is 386 g/mol. The molecule has 0 radical (unpaired) electrons. The fourth-order valence-electron chi connectivity index (χ4n) is 2.31. The number of fused-ring (bicyclic) bond motifs is 1. The maximum Gasteiger partial charge on any atom is 0.387 e. The number of pyridine rings is 1. The van der Waals surface area contributed by atoms with Crippen molar-refractivity contribution in [3.8, 4) is 16.9 Å². The predicted octanol–water partition coefficient (Wildman–Crippen LogP) is 4.08. The Kier molecular flexibility index (Phi) is 5.41. The van der Waals surface area contributed by atoms with Crippen LogP contribution in [-0.2, 0) is 17.1 Å². The number of benzene rings is 1. The maximum absolute atomic E-state index is 12.5. The van der Waals surface area contributed by atoms with E-state index >= 15 is 0 Å². The Bertz CT molecular complexity index is 891. The number of hydrogen-bond acceptors (Lipinski definition) is 4. The van der Waals surface area contributed by atoms with E-state index in [1.54, 1.807) is 23.1 Å². The maximum atomic E-state index is 12.5. The summed E-state index contributed by atoms with van der Waals surface area (Å²) in [6.45, 7) is -1.12. The molecule has 25 heavy (non-hydrogen) atoms. The molecule has 0 aliphatic rings. The van der Waals surface area contributed by atoms with Crippen molar-refractivity contribution in [3.05, 3.63) is 41.7 Å². The summed E-state index contributed by atoms with van der Waals surface area (Å²) in [5.74, 6) is 0.695. The molecule has 0 spiro atoms. The normalized spacial score (nSPS) is 12.7. The lowest BCUT2D eigenvalue weighted by Crippen LogP contribution is -2.13. The van der Waals surface area contributed by atoms with E-state index in [0.717, 1.165) is 0 Å². The fraction of sp³-hybridized carbons (Fsp3) is 0.250. The molecule has 1 unspecified atom stereocenters. The van der Waals surface area contributed by atoms with Crippen molar-refractivity contribution in [1.29, 1.82) is 0 Å². The summed E-state index contributed by atoms with van der Waals surface area (Å²) in [6, 6.07) is 6.43. The van der Waals surface area contributed by atoms with Crippen LogP contribution in [0.1, 0.15) is 6.92 Å². The van der Waals surface area contributed by atoms with E-state index < -0.39 is 17.8 Å². The number of hydrogen-bond donors (Lipinski definition) is 0. The molecule has 2 heterocycles. The third kappa shape index (κ3) is 4.02. The van der Waals surface area contributed by atoms with E-state index in [2.05, 4.69) is 14.8 Å². The topological polar surface area (TPSA) is 63.0 Å². The van der Waals surface area contributed by atoms with Gasteiger partial charge in [-0.3, -0.25) is 4.98 Å². The Morgan fingerprint density at radius 3 is 2.80 bits per heavy atom. The summed E-state index contributed by atoms with van der Waals surface area (Å²) in [5, 5.41) is 4.30. The van der Waals surface area contributed by atoms with Gasteiger partial charge in [-0.15, -0.1) is 0 Å². The van der Waals surface area contributed by atoms with Crippen LogP contribution in [-0.4, -0.2) is 31.7 Å². The van der Waals surface area contributed by atoms with Gasteiger partial charge in [-0.25, -0.2) is 4.68 Å². The van der Waals surface area contributed by atoms with Gasteiger partial charge in [-0.1, -0.05) is 17.7 Å². The lowest BCUT2D eigenvalue weighted by Gasteiger charge is -2.10. The molecule has 1 atom stereocenters. The summed E-state index contributed by atoms with van der Waals surface area (Å²) in [7, 11) is 0. The Morgan fingerprint density at radius 1 is 1.28 bits per heavy atom. The molecule has 0 aliphatic carbocycles. The third-order valence-corrected chi connectivity index (χ3v) is 5.05. The van der Waals surface area contributed by atoms with Gasteiger partial charge in [-0.2, -0.15) is 13.9 Å². The molecule has 2 aromatic heterocycles. The lowest BCUT2D eigenvalue weighted by atomic mass is 10.1. The monoisotopic (exact) mass is 385 g/mol. The van der Waals surface area contributed by atoms with Crippen LogP contribution in [0, 0.1) is 0 Å². The van der Waals surface area contributed by atoms with Crippen LogP contribution in [0.5, 0.6) is 5.75 Å². The second-order valence-electron chi connectivity index (χ2n) is 5.15.